The first-order valence-electron chi connectivity index (χ1n) is 7.44. The summed E-state index contributed by atoms with van der Waals surface area (Å²) < 4.78 is 0. The van der Waals surface area contributed by atoms with Crippen LogP contribution < -0.4 is 16.1 Å². The number of hydrogen-bond acceptors (Lipinski definition) is 3. The number of halogens is 1. The summed E-state index contributed by atoms with van der Waals surface area (Å²) in [5.74, 6) is -0.342. The Labute approximate surface area is 140 Å². The highest BCUT2D eigenvalue weighted by Gasteiger charge is 2.20. The Kier molecular flexibility index (Phi) is 5.58. The van der Waals surface area contributed by atoms with Crippen molar-refractivity contribution in [3.63, 3.8) is 0 Å². The highest BCUT2D eigenvalue weighted by molar-refractivity contribution is 5.93. The molecule has 3 N–H and O–H groups in total. The van der Waals surface area contributed by atoms with Gasteiger partial charge in [-0.3, -0.25) is 9.59 Å². The van der Waals surface area contributed by atoms with Crippen LogP contribution in [0.15, 0.2) is 41.3 Å². The number of nitrogens with one attached hydrogen (secondary N) is 3. The molecule has 5 nitrogen and oxygen atoms in total. The predicted molar refractivity (Wildman–Crippen MR) is 92.3 cm³/mol. The van der Waals surface area contributed by atoms with Gasteiger partial charge >= 0.3 is 0 Å². The lowest BCUT2D eigenvalue weighted by molar-refractivity contribution is 0.0947. The van der Waals surface area contributed by atoms with Crippen molar-refractivity contribution in [2.75, 3.05) is 13.1 Å². The molecule has 1 amide bonds. The number of pyridine rings is 1. The number of carbonyl (C=O) groups excluding carboxylic acids is 1. The molecule has 1 aromatic heterocycles. The Morgan fingerprint density at radius 2 is 2.13 bits per heavy atom. The van der Waals surface area contributed by atoms with E-state index in [-0.39, 0.29) is 35.3 Å². The van der Waals surface area contributed by atoms with Crippen LogP contribution in [-0.4, -0.2) is 24.0 Å². The third kappa shape index (κ3) is 3.81. The number of hydrogen-bond donors (Lipinski definition) is 3. The minimum Gasteiger partial charge on any atom is -0.364 e. The summed E-state index contributed by atoms with van der Waals surface area (Å²) in [6, 6.07) is 9.76. The second kappa shape index (κ2) is 7.44. The Bertz CT molecular complexity index is 757. The smallest absolute Gasteiger partial charge is 0.256 e. The Balaban J connectivity index is 0.00000192. The number of aromatic nitrogens is 1. The van der Waals surface area contributed by atoms with Crippen molar-refractivity contribution in [2.24, 2.45) is 0 Å². The summed E-state index contributed by atoms with van der Waals surface area (Å²) in [6.07, 6.45) is 2.47. The first kappa shape index (κ1) is 17.2. The SMILES string of the molecule is Cc1cc(=O)c(C(=O)NCC2NCCc3ccccc32)c[nH]1.Cl. The molecule has 1 aliphatic heterocycles. The summed E-state index contributed by atoms with van der Waals surface area (Å²) in [5, 5.41) is 6.25. The second-order valence-corrected chi connectivity index (χ2v) is 5.56. The van der Waals surface area contributed by atoms with E-state index in [0.717, 1.165) is 18.7 Å². The largest absolute Gasteiger partial charge is 0.364 e. The van der Waals surface area contributed by atoms with Crippen LogP contribution in [0.3, 0.4) is 0 Å². The number of benzene rings is 1. The van der Waals surface area contributed by atoms with Gasteiger partial charge in [0, 0.05) is 30.5 Å². The standard InChI is InChI=1S/C17H19N3O2.ClH/c1-11-8-16(21)14(9-19-11)17(22)20-10-15-13-5-3-2-4-12(13)6-7-18-15;/h2-5,8-9,15,18H,6-7,10H2,1H3,(H,19,21)(H,20,22);1H. The van der Waals surface area contributed by atoms with Crippen molar-refractivity contribution in [1.82, 2.24) is 15.6 Å². The van der Waals surface area contributed by atoms with Gasteiger partial charge in [0.05, 0.1) is 0 Å². The van der Waals surface area contributed by atoms with Gasteiger partial charge < -0.3 is 15.6 Å². The van der Waals surface area contributed by atoms with Crippen LogP contribution in [0.5, 0.6) is 0 Å². The van der Waals surface area contributed by atoms with Crippen molar-refractivity contribution in [1.29, 1.82) is 0 Å². The molecule has 3 rings (SSSR count). The van der Waals surface area contributed by atoms with Gasteiger partial charge in [-0.25, -0.2) is 0 Å². The van der Waals surface area contributed by atoms with Crippen molar-refractivity contribution >= 4 is 18.3 Å². The number of carbonyl (C=O) groups is 1. The van der Waals surface area contributed by atoms with E-state index in [2.05, 4.69) is 27.8 Å². The molecule has 1 aliphatic rings. The molecule has 0 saturated carbocycles. The zero-order valence-corrected chi connectivity index (χ0v) is 13.7. The van der Waals surface area contributed by atoms with Crippen LogP contribution in [0.2, 0.25) is 0 Å². The summed E-state index contributed by atoms with van der Waals surface area (Å²) in [5.41, 5.74) is 3.16. The summed E-state index contributed by atoms with van der Waals surface area (Å²) in [4.78, 5) is 26.9. The van der Waals surface area contributed by atoms with Gasteiger partial charge in [0.25, 0.3) is 5.91 Å². The van der Waals surface area contributed by atoms with E-state index >= 15 is 0 Å². The average molecular weight is 334 g/mol. The Hall–Kier alpha value is -2.11. The molecule has 6 heteroatoms. The zero-order chi connectivity index (χ0) is 15.5. The van der Waals surface area contributed by atoms with Crippen LogP contribution in [0.1, 0.15) is 33.2 Å². The molecule has 0 aliphatic carbocycles. The maximum Gasteiger partial charge on any atom is 0.256 e. The lowest BCUT2D eigenvalue weighted by atomic mass is 9.94. The average Bonchev–Trinajstić information content (AvgIpc) is 2.52. The van der Waals surface area contributed by atoms with Crippen LogP contribution >= 0.6 is 12.4 Å². The fraction of sp³-hybridized carbons (Fsp3) is 0.294. The first-order chi connectivity index (χ1) is 10.6. The molecule has 0 fully saturated rings. The van der Waals surface area contributed by atoms with Crippen LogP contribution in [0.25, 0.3) is 0 Å². The van der Waals surface area contributed by atoms with Gasteiger partial charge in [0.15, 0.2) is 5.43 Å². The quantitative estimate of drug-likeness (QED) is 0.800. The van der Waals surface area contributed by atoms with E-state index in [4.69, 9.17) is 0 Å². The molecule has 2 heterocycles. The van der Waals surface area contributed by atoms with Gasteiger partial charge in [-0.15, -0.1) is 12.4 Å². The van der Waals surface area contributed by atoms with Gasteiger partial charge in [0.2, 0.25) is 0 Å². The van der Waals surface area contributed by atoms with E-state index in [1.165, 1.54) is 23.4 Å². The number of fused-ring (bicyclic) bond motifs is 1. The van der Waals surface area contributed by atoms with Crippen molar-refractivity contribution in [3.8, 4) is 0 Å². The lowest BCUT2D eigenvalue weighted by Crippen LogP contribution is -2.39. The van der Waals surface area contributed by atoms with Gasteiger partial charge in [0.1, 0.15) is 5.56 Å². The summed E-state index contributed by atoms with van der Waals surface area (Å²) in [7, 11) is 0. The number of rotatable bonds is 3. The van der Waals surface area contributed by atoms with E-state index in [0.29, 0.717) is 6.54 Å². The molecule has 0 saturated heterocycles. The first-order valence-corrected chi connectivity index (χ1v) is 7.44. The summed E-state index contributed by atoms with van der Waals surface area (Å²) >= 11 is 0. The maximum atomic E-state index is 12.2. The van der Waals surface area contributed by atoms with E-state index in [1.54, 1.807) is 6.92 Å². The Morgan fingerprint density at radius 1 is 1.35 bits per heavy atom. The minimum atomic E-state index is -0.342. The third-order valence-electron chi connectivity index (χ3n) is 3.98. The van der Waals surface area contributed by atoms with Gasteiger partial charge in [-0.2, -0.15) is 0 Å². The lowest BCUT2D eigenvalue weighted by Gasteiger charge is -2.27. The molecular weight excluding hydrogens is 314 g/mol. The minimum absolute atomic E-state index is 0. The molecule has 122 valence electrons. The topological polar surface area (TPSA) is 74.0 Å². The third-order valence-corrected chi connectivity index (χ3v) is 3.98. The van der Waals surface area contributed by atoms with Crippen LogP contribution in [-0.2, 0) is 6.42 Å². The molecule has 0 bridgehead atoms. The van der Waals surface area contributed by atoms with E-state index in [9.17, 15) is 9.59 Å². The molecule has 1 aromatic carbocycles. The fourth-order valence-corrected chi connectivity index (χ4v) is 2.82. The number of aromatic amines is 1. The molecular formula is C17H20ClN3O2. The number of aryl methyl sites for hydroxylation is 1. The molecule has 0 radical (unpaired) electrons. The second-order valence-electron chi connectivity index (χ2n) is 5.56. The fourth-order valence-electron chi connectivity index (χ4n) is 2.82. The molecule has 1 unspecified atom stereocenters. The molecule has 1 atom stereocenters. The molecule has 0 spiro atoms. The molecule has 23 heavy (non-hydrogen) atoms. The Morgan fingerprint density at radius 3 is 2.91 bits per heavy atom. The normalized spacial score (nSPS) is 16.1. The van der Waals surface area contributed by atoms with Gasteiger partial charge in [-0.1, -0.05) is 24.3 Å². The van der Waals surface area contributed by atoms with Gasteiger partial charge in [-0.05, 0) is 31.0 Å². The van der Waals surface area contributed by atoms with Crippen LogP contribution in [0.4, 0.5) is 0 Å². The predicted octanol–water partition coefficient (Wildman–Crippen LogP) is 1.72. The van der Waals surface area contributed by atoms with Crippen molar-refractivity contribution in [3.05, 3.63) is 69.1 Å². The summed E-state index contributed by atoms with van der Waals surface area (Å²) in [6.45, 7) is 3.14. The highest BCUT2D eigenvalue weighted by Crippen LogP contribution is 2.21. The van der Waals surface area contributed by atoms with Crippen molar-refractivity contribution in [2.45, 2.75) is 19.4 Å². The van der Waals surface area contributed by atoms with E-state index in [1.807, 2.05) is 12.1 Å². The zero-order valence-electron chi connectivity index (χ0n) is 12.9. The highest BCUT2D eigenvalue weighted by atomic mass is 35.5. The monoisotopic (exact) mass is 333 g/mol. The number of amides is 1. The molecule has 2 aromatic rings. The van der Waals surface area contributed by atoms with Crippen LogP contribution in [0, 0.1) is 6.92 Å². The van der Waals surface area contributed by atoms with Crippen molar-refractivity contribution < 1.29 is 4.79 Å². The maximum absolute atomic E-state index is 12.2. The van der Waals surface area contributed by atoms with E-state index < -0.39 is 0 Å². The number of H-pyrrole nitrogens is 1.